The second kappa shape index (κ2) is 4.63. The third kappa shape index (κ3) is 3.03. The monoisotopic (exact) mass is 257 g/mol. The molecular weight excluding hydrogens is 243 g/mol. The van der Waals surface area contributed by atoms with Crippen molar-refractivity contribution >= 4 is 5.91 Å². The van der Waals surface area contributed by atoms with E-state index in [-0.39, 0.29) is 12.3 Å². The molecular formula is C13H14F3NO. The van der Waals surface area contributed by atoms with Crippen molar-refractivity contribution in [2.45, 2.75) is 31.5 Å². The fraction of sp³-hybridized carbons (Fsp3) is 0.462. The Balaban J connectivity index is 1.99. The summed E-state index contributed by atoms with van der Waals surface area (Å²) in [5, 5.41) is 0. The van der Waals surface area contributed by atoms with Gasteiger partial charge in [0.05, 0.1) is 12.0 Å². The first-order valence-corrected chi connectivity index (χ1v) is 5.80. The van der Waals surface area contributed by atoms with E-state index in [1.807, 2.05) is 0 Å². The molecule has 0 unspecified atom stereocenters. The molecule has 1 aromatic carbocycles. The number of hydrogen-bond acceptors (Lipinski definition) is 1. The third-order valence-corrected chi connectivity index (χ3v) is 3.12. The Hall–Kier alpha value is -1.52. The van der Waals surface area contributed by atoms with E-state index in [0.717, 1.165) is 25.0 Å². The molecule has 1 fully saturated rings. The van der Waals surface area contributed by atoms with Crippen molar-refractivity contribution in [3.05, 3.63) is 35.4 Å². The molecule has 0 bridgehead atoms. The highest BCUT2D eigenvalue weighted by Crippen LogP contribution is 2.29. The quantitative estimate of drug-likeness (QED) is 0.815. The topological polar surface area (TPSA) is 20.3 Å². The summed E-state index contributed by atoms with van der Waals surface area (Å²) in [5.74, 6) is -0.0442. The predicted molar refractivity (Wildman–Crippen MR) is 60.9 cm³/mol. The van der Waals surface area contributed by atoms with Crippen LogP contribution in [0.25, 0.3) is 0 Å². The van der Waals surface area contributed by atoms with Crippen LogP contribution in [0.4, 0.5) is 13.2 Å². The first-order chi connectivity index (χ1) is 8.38. The molecule has 5 heteroatoms. The Labute approximate surface area is 103 Å². The number of alkyl halides is 3. The van der Waals surface area contributed by atoms with Gasteiger partial charge in [0.1, 0.15) is 0 Å². The van der Waals surface area contributed by atoms with Crippen LogP contribution in [0.2, 0.25) is 0 Å². The molecule has 1 saturated carbocycles. The lowest BCUT2D eigenvalue weighted by atomic mass is 10.1. The number of rotatable bonds is 3. The van der Waals surface area contributed by atoms with Crippen LogP contribution >= 0.6 is 0 Å². The first kappa shape index (κ1) is 12.9. The molecule has 98 valence electrons. The van der Waals surface area contributed by atoms with E-state index in [1.54, 1.807) is 11.9 Å². The van der Waals surface area contributed by atoms with E-state index in [9.17, 15) is 18.0 Å². The van der Waals surface area contributed by atoms with Gasteiger partial charge in [0.25, 0.3) is 0 Å². The number of carbonyl (C=O) groups is 1. The average molecular weight is 257 g/mol. The zero-order chi connectivity index (χ0) is 13.3. The molecule has 0 atom stereocenters. The van der Waals surface area contributed by atoms with E-state index in [1.165, 1.54) is 12.1 Å². The fourth-order valence-corrected chi connectivity index (χ4v) is 1.78. The molecule has 0 radical (unpaired) electrons. The summed E-state index contributed by atoms with van der Waals surface area (Å²) < 4.78 is 37.0. The lowest BCUT2D eigenvalue weighted by molar-refractivity contribution is -0.137. The SMILES string of the molecule is CN(C(=O)Cc1ccc(C(F)(F)F)cc1)C1CC1. The smallest absolute Gasteiger partial charge is 0.342 e. The van der Waals surface area contributed by atoms with Gasteiger partial charge < -0.3 is 4.90 Å². The lowest BCUT2D eigenvalue weighted by Crippen LogP contribution is -2.30. The summed E-state index contributed by atoms with van der Waals surface area (Å²) in [6.07, 6.45) is -2.12. The highest BCUT2D eigenvalue weighted by atomic mass is 19.4. The van der Waals surface area contributed by atoms with Crippen LogP contribution in [0.5, 0.6) is 0 Å². The minimum atomic E-state index is -4.33. The van der Waals surface area contributed by atoms with Crippen molar-refractivity contribution in [1.82, 2.24) is 4.90 Å². The Bertz CT molecular complexity index is 435. The van der Waals surface area contributed by atoms with Gasteiger partial charge in [-0.05, 0) is 30.5 Å². The number of nitrogens with zero attached hydrogens (tertiary/aromatic N) is 1. The average Bonchev–Trinajstić information content (AvgIpc) is 3.11. The predicted octanol–water partition coefficient (Wildman–Crippen LogP) is 2.87. The Kier molecular flexibility index (Phi) is 3.32. The Morgan fingerprint density at radius 2 is 1.83 bits per heavy atom. The summed E-state index contributed by atoms with van der Waals surface area (Å²) in [6, 6.07) is 5.08. The van der Waals surface area contributed by atoms with Crippen LogP contribution in [0.1, 0.15) is 24.0 Å². The van der Waals surface area contributed by atoms with Crippen LogP contribution < -0.4 is 0 Å². The summed E-state index contributed by atoms with van der Waals surface area (Å²) >= 11 is 0. The minimum Gasteiger partial charge on any atom is -0.342 e. The fourth-order valence-electron chi connectivity index (χ4n) is 1.78. The highest BCUT2D eigenvalue weighted by Gasteiger charge is 2.31. The van der Waals surface area contributed by atoms with E-state index in [0.29, 0.717) is 11.6 Å². The molecule has 18 heavy (non-hydrogen) atoms. The van der Waals surface area contributed by atoms with E-state index >= 15 is 0 Å². The highest BCUT2D eigenvalue weighted by molar-refractivity contribution is 5.79. The van der Waals surface area contributed by atoms with Crippen molar-refractivity contribution in [2.75, 3.05) is 7.05 Å². The van der Waals surface area contributed by atoms with Crippen molar-refractivity contribution in [1.29, 1.82) is 0 Å². The molecule has 2 nitrogen and oxygen atoms in total. The summed E-state index contributed by atoms with van der Waals surface area (Å²) in [7, 11) is 1.74. The first-order valence-electron chi connectivity index (χ1n) is 5.80. The minimum absolute atomic E-state index is 0.0442. The molecule has 0 saturated heterocycles. The van der Waals surface area contributed by atoms with Gasteiger partial charge in [0.2, 0.25) is 5.91 Å². The normalized spacial score (nSPS) is 15.6. The maximum Gasteiger partial charge on any atom is 0.416 e. The van der Waals surface area contributed by atoms with Crippen molar-refractivity contribution < 1.29 is 18.0 Å². The van der Waals surface area contributed by atoms with Gasteiger partial charge in [0, 0.05) is 13.1 Å². The molecule has 0 N–H and O–H groups in total. The second-order valence-corrected chi connectivity index (χ2v) is 4.61. The van der Waals surface area contributed by atoms with Crippen molar-refractivity contribution in [2.24, 2.45) is 0 Å². The van der Waals surface area contributed by atoms with Crippen LogP contribution in [0.3, 0.4) is 0 Å². The molecule has 1 aliphatic carbocycles. The zero-order valence-corrected chi connectivity index (χ0v) is 10.00. The standard InChI is InChI=1S/C13H14F3NO/c1-17(11-6-7-11)12(18)8-9-2-4-10(5-3-9)13(14,15)16/h2-5,11H,6-8H2,1H3. The summed E-state index contributed by atoms with van der Waals surface area (Å²) in [4.78, 5) is 13.5. The van der Waals surface area contributed by atoms with Crippen LogP contribution in [0.15, 0.2) is 24.3 Å². The Morgan fingerprint density at radius 3 is 2.28 bits per heavy atom. The molecule has 0 heterocycles. The van der Waals surface area contributed by atoms with Gasteiger partial charge >= 0.3 is 6.18 Å². The summed E-state index contributed by atoms with van der Waals surface area (Å²) in [5.41, 5.74) is -0.0743. The number of hydrogen-bond donors (Lipinski definition) is 0. The molecule has 1 aliphatic rings. The van der Waals surface area contributed by atoms with Crippen LogP contribution in [0, 0.1) is 0 Å². The van der Waals surface area contributed by atoms with Gasteiger partial charge in [0.15, 0.2) is 0 Å². The lowest BCUT2D eigenvalue weighted by Gasteiger charge is -2.16. The molecule has 0 aliphatic heterocycles. The van der Waals surface area contributed by atoms with Crippen molar-refractivity contribution in [3.8, 4) is 0 Å². The number of halogens is 3. The number of benzene rings is 1. The van der Waals surface area contributed by atoms with Gasteiger partial charge in [-0.25, -0.2) is 0 Å². The largest absolute Gasteiger partial charge is 0.416 e. The van der Waals surface area contributed by atoms with Crippen LogP contribution in [-0.4, -0.2) is 23.9 Å². The zero-order valence-electron chi connectivity index (χ0n) is 10.00. The number of carbonyl (C=O) groups excluding carboxylic acids is 1. The Morgan fingerprint density at radius 1 is 1.28 bits per heavy atom. The van der Waals surface area contributed by atoms with E-state index < -0.39 is 11.7 Å². The molecule has 2 rings (SSSR count). The molecule has 1 aromatic rings. The molecule has 0 aromatic heterocycles. The van der Waals surface area contributed by atoms with E-state index in [2.05, 4.69) is 0 Å². The van der Waals surface area contributed by atoms with Crippen LogP contribution in [-0.2, 0) is 17.4 Å². The van der Waals surface area contributed by atoms with Gasteiger partial charge in [-0.2, -0.15) is 13.2 Å². The van der Waals surface area contributed by atoms with Gasteiger partial charge in [-0.3, -0.25) is 4.79 Å². The molecule has 1 amide bonds. The maximum atomic E-state index is 12.3. The van der Waals surface area contributed by atoms with Crippen molar-refractivity contribution in [3.63, 3.8) is 0 Å². The third-order valence-electron chi connectivity index (χ3n) is 3.12. The second-order valence-electron chi connectivity index (χ2n) is 4.61. The van der Waals surface area contributed by atoms with Gasteiger partial charge in [-0.1, -0.05) is 12.1 Å². The van der Waals surface area contributed by atoms with E-state index in [4.69, 9.17) is 0 Å². The maximum absolute atomic E-state index is 12.3. The van der Waals surface area contributed by atoms with Gasteiger partial charge in [-0.15, -0.1) is 0 Å². The molecule has 0 spiro atoms. The summed E-state index contributed by atoms with van der Waals surface area (Å²) in [6.45, 7) is 0. The number of amides is 1. The number of likely N-dealkylation sites (N-methyl/N-ethyl adjacent to an activating group) is 1.